The van der Waals surface area contributed by atoms with Gasteiger partial charge in [0, 0.05) is 30.1 Å². The number of benzene rings is 1. The molecule has 0 radical (unpaired) electrons. The number of hydrogen-bond acceptors (Lipinski definition) is 8. The highest BCUT2D eigenvalue weighted by Crippen LogP contribution is 2.38. The largest absolute Gasteiger partial charge is 0.465 e. The molecule has 2 atom stereocenters. The number of carbonyl (C=O) groups excluding carboxylic acids is 3. The van der Waals surface area contributed by atoms with Gasteiger partial charge in [-0.15, -0.1) is 11.3 Å². The van der Waals surface area contributed by atoms with Crippen molar-refractivity contribution >= 4 is 44.3 Å². The highest BCUT2D eigenvalue weighted by Gasteiger charge is 2.33. The number of rotatable bonds is 6. The molecule has 4 rings (SSSR count). The van der Waals surface area contributed by atoms with E-state index >= 15 is 0 Å². The third-order valence-corrected chi connectivity index (χ3v) is 9.77. The average molecular weight is 564 g/mol. The van der Waals surface area contributed by atoms with E-state index in [1.807, 2.05) is 13.8 Å². The molecule has 0 aliphatic carbocycles. The average Bonchev–Trinajstić information content (AvgIpc) is 3.24. The molecule has 0 spiro atoms. The summed E-state index contributed by atoms with van der Waals surface area (Å²) in [6, 6.07) is 5.80. The van der Waals surface area contributed by atoms with Crippen LogP contribution < -0.4 is 5.32 Å². The fourth-order valence-corrected chi connectivity index (χ4v) is 8.01. The Kier molecular flexibility index (Phi) is 8.43. The number of hydrogen-bond donors (Lipinski definition) is 1. The molecule has 0 bridgehead atoms. The van der Waals surface area contributed by atoms with Gasteiger partial charge in [-0.05, 0) is 61.4 Å². The number of esters is 1. The Morgan fingerprint density at radius 2 is 1.76 bits per heavy atom. The van der Waals surface area contributed by atoms with Crippen LogP contribution in [0.15, 0.2) is 29.2 Å². The molecule has 2 aromatic rings. The number of fused-ring (bicyclic) bond motifs is 1. The van der Waals surface area contributed by atoms with Gasteiger partial charge >= 0.3 is 12.1 Å². The number of anilines is 1. The molecule has 12 heteroatoms. The number of nitrogens with one attached hydrogen (secondary N) is 1. The van der Waals surface area contributed by atoms with Gasteiger partial charge in [0.25, 0.3) is 5.91 Å². The predicted octanol–water partition coefficient (Wildman–Crippen LogP) is 3.97. The molecular formula is C26H33N3O7S2. The Balaban J connectivity index is 1.54. The number of piperidine rings is 1. The van der Waals surface area contributed by atoms with Crippen molar-refractivity contribution < 1.29 is 32.3 Å². The van der Waals surface area contributed by atoms with Crippen molar-refractivity contribution in [2.24, 2.45) is 11.8 Å². The summed E-state index contributed by atoms with van der Waals surface area (Å²) in [5.74, 6) is -0.499. The Bertz CT molecular complexity index is 1310. The lowest BCUT2D eigenvalue weighted by Gasteiger charge is -2.34. The number of sulfonamides is 1. The van der Waals surface area contributed by atoms with Crippen LogP contribution in [0, 0.1) is 11.8 Å². The normalized spacial score (nSPS) is 19.9. The van der Waals surface area contributed by atoms with Gasteiger partial charge in [0.1, 0.15) is 5.00 Å². The second-order valence-electron chi connectivity index (χ2n) is 9.82. The van der Waals surface area contributed by atoms with Gasteiger partial charge < -0.3 is 19.7 Å². The highest BCUT2D eigenvalue weighted by molar-refractivity contribution is 7.89. The van der Waals surface area contributed by atoms with Gasteiger partial charge in [-0.1, -0.05) is 13.8 Å². The van der Waals surface area contributed by atoms with Crippen LogP contribution in [-0.4, -0.2) is 68.9 Å². The van der Waals surface area contributed by atoms with Gasteiger partial charge in [0.05, 0.1) is 30.7 Å². The van der Waals surface area contributed by atoms with Gasteiger partial charge in [-0.25, -0.2) is 18.0 Å². The summed E-state index contributed by atoms with van der Waals surface area (Å²) in [5.41, 5.74) is 1.26. The lowest BCUT2D eigenvalue weighted by atomic mass is 9.94. The Labute approximate surface area is 226 Å². The number of nitrogens with zero attached hydrogens (tertiary/aromatic N) is 2. The summed E-state index contributed by atoms with van der Waals surface area (Å²) in [6.07, 6.45) is 0.983. The molecular weight excluding hydrogens is 530 g/mol. The second-order valence-corrected chi connectivity index (χ2v) is 12.9. The van der Waals surface area contributed by atoms with Crippen molar-refractivity contribution in [2.45, 2.75) is 45.1 Å². The molecule has 2 amide bonds. The van der Waals surface area contributed by atoms with Crippen LogP contribution >= 0.6 is 11.3 Å². The van der Waals surface area contributed by atoms with E-state index in [1.54, 1.807) is 11.8 Å². The minimum absolute atomic E-state index is 0.135. The number of methoxy groups -OCH3 is 1. The number of ether oxygens (including phenoxy) is 2. The summed E-state index contributed by atoms with van der Waals surface area (Å²) < 4.78 is 37.9. The molecule has 1 aromatic carbocycles. The molecule has 38 heavy (non-hydrogen) atoms. The van der Waals surface area contributed by atoms with Gasteiger partial charge in [0.2, 0.25) is 10.0 Å². The summed E-state index contributed by atoms with van der Waals surface area (Å²) >= 11 is 1.21. The first-order chi connectivity index (χ1) is 18.0. The van der Waals surface area contributed by atoms with Gasteiger partial charge in [0.15, 0.2) is 0 Å². The van der Waals surface area contributed by atoms with Crippen molar-refractivity contribution in [1.29, 1.82) is 0 Å². The predicted molar refractivity (Wildman–Crippen MR) is 143 cm³/mol. The van der Waals surface area contributed by atoms with Crippen LogP contribution in [0.5, 0.6) is 0 Å². The molecule has 2 aliphatic heterocycles. The molecule has 0 saturated carbocycles. The quantitative estimate of drug-likeness (QED) is 0.528. The third kappa shape index (κ3) is 5.71. The number of amides is 2. The maximum Gasteiger partial charge on any atom is 0.410 e. The molecule has 0 unspecified atom stereocenters. The van der Waals surface area contributed by atoms with Crippen LogP contribution in [0.1, 0.15) is 58.3 Å². The van der Waals surface area contributed by atoms with Crippen molar-refractivity contribution in [3.05, 3.63) is 45.8 Å². The van der Waals surface area contributed by atoms with E-state index in [2.05, 4.69) is 5.32 Å². The van der Waals surface area contributed by atoms with E-state index in [4.69, 9.17) is 9.47 Å². The van der Waals surface area contributed by atoms with E-state index in [0.717, 1.165) is 16.9 Å². The molecule has 10 nitrogen and oxygen atoms in total. The summed E-state index contributed by atoms with van der Waals surface area (Å²) in [6.45, 7) is 7.68. The SMILES string of the molecule is CCOC(=O)N1CCc2c(sc(NC(=O)c3ccc(S(=O)(=O)N4C[C@H](C)C[C@H](C)C4)cc3)c2C(=O)OC)C1. The lowest BCUT2D eigenvalue weighted by molar-refractivity contribution is 0.0600. The van der Waals surface area contributed by atoms with Crippen LogP contribution in [0.2, 0.25) is 0 Å². The van der Waals surface area contributed by atoms with E-state index in [1.165, 1.54) is 47.0 Å². The molecule has 3 heterocycles. The van der Waals surface area contributed by atoms with Crippen molar-refractivity contribution in [3.63, 3.8) is 0 Å². The first kappa shape index (κ1) is 28.1. The monoisotopic (exact) mass is 563 g/mol. The van der Waals surface area contributed by atoms with Crippen molar-refractivity contribution in [2.75, 3.05) is 38.7 Å². The molecule has 1 N–H and O–H groups in total. The molecule has 1 aromatic heterocycles. The van der Waals surface area contributed by atoms with E-state index in [-0.39, 0.29) is 41.0 Å². The summed E-state index contributed by atoms with van der Waals surface area (Å²) in [4.78, 5) is 40.4. The zero-order chi connectivity index (χ0) is 27.6. The fraction of sp³-hybridized carbons (Fsp3) is 0.500. The van der Waals surface area contributed by atoms with E-state index in [0.29, 0.717) is 31.1 Å². The van der Waals surface area contributed by atoms with Crippen LogP contribution in [-0.2, 0) is 32.5 Å². The van der Waals surface area contributed by atoms with Crippen LogP contribution in [0.3, 0.4) is 0 Å². The first-order valence-corrected chi connectivity index (χ1v) is 14.9. The Morgan fingerprint density at radius 1 is 1.11 bits per heavy atom. The topological polar surface area (TPSA) is 122 Å². The van der Waals surface area contributed by atoms with E-state index in [9.17, 15) is 22.8 Å². The minimum atomic E-state index is -3.67. The maximum absolute atomic E-state index is 13.2. The van der Waals surface area contributed by atoms with Crippen LogP contribution in [0.25, 0.3) is 0 Å². The Morgan fingerprint density at radius 3 is 2.37 bits per heavy atom. The van der Waals surface area contributed by atoms with E-state index < -0.39 is 28.0 Å². The zero-order valence-corrected chi connectivity index (χ0v) is 23.6. The summed E-state index contributed by atoms with van der Waals surface area (Å²) in [5, 5.41) is 3.11. The number of carbonyl (C=O) groups is 3. The summed E-state index contributed by atoms with van der Waals surface area (Å²) in [7, 11) is -2.40. The maximum atomic E-state index is 13.2. The number of thiophene rings is 1. The van der Waals surface area contributed by atoms with Crippen molar-refractivity contribution in [1.82, 2.24) is 9.21 Å². The highest BCUT2D eigenvalue weighted by atomic mass is 32.2. The molecule has 2 aliphatic rings. The fourth-order valence-electron chi connectivity index (χ4n) is 5.08. The molecule has 1 saturated heterocycles. The lowest BCUT2D eigenvalue weighted by Crippen LogP contribution is -2.42. The Hall–Kier alpha value is -2.96. The molecule has 1 fully saturated rings. The zero-order valence-electron chi connectivity index (χ0n) is 22.0. The third-order valence-electron chi connectivity index (χ3n) is 6.79. The van der Waals surface area contributed by atoms with Crippen LogP contribution in [0.4, 0.5) is 9.80 Å². The van der Waals surface area contributed by atoms with Gasteiger partial charge in [-0.3, -0.25) is 4.79 Å². The first-order valence-electron chi connectivity index (χ1n) is 12.6. The van der Waals surface area contributed by atoms with Crippen molar-refractivity contribution in [3.8, 4) is 0 Å². The minimum Gasteiger partial charge on any atom is -0.465 e. The molecule has 206 valence electrons. The van der Waals surface area contributed by atoms with Gasteiger partial charge in [-0.2, -0.15) is 4.31 Å². The standard InChI is InChI=1S/C26H33N3O7S2/c1-5-36-26(32)28-11-10-20-21(15-28)37-24(22(20)25(31)35-4)27-23(30)18-6-8-19(9-7-18)38(33,34)29-13-16(2)12-17(3)14-29/h6-9,16-17H,5,10-15H2,1-4H3,(H,27,30)/t16-,17+. The second kappa shape index (κ2) is 11.4. The smallest absolute Gasteiger partial charge is 0.410 e.